The van der Waals surface area contributed by atoms with Crippen molar-refractivity contribution in [2.45, 2.75) is 36.7 Å². The zero-order valence-corrected chi connectivity index (χ0v) is 22.7. The molecule has 2 aliphatic rings. The Kier molecular flexibility index (Phi) is 6.54. The van der Waals surface area contributed by atoms with E-state index in [4.69, 9.17) is 9.57 Å². The van der Waals surface area contributed by atoms with Crippen LogP contribution in [-0.4, -0.2) is 118 Å². The van der Waals surface area contributed by atoms with Crippen LogP contribution in [0.3, 0.4) is 0 Å². The first-order chi connectivity index (χ1) is 21.1. The Morgan fingerprint density at radius 2 is 1.48 bits per heavy atom. The van der Waals surface area contributed by atoms with E-state index in [1.165, 1.54) is 41.0 Å². The molecule has 0 spiro atoms. The summed E-state index contributed by atoms with van der Waals surface area (Å²) in [6.07, 6.45) is -9.27. The molecule has 3 aromatic carbocycles. The highest BCUT2D eigenvalue weighted by molar-refractivity contribution is 6.39. The molecule has 5 atom stereocenters. The first-order valence-electron chi connectivity index (χ1n) is 13.7. The highest BCUT2D eigenvalue weighted by Crippen LogP contribution is 2.48. The fraction of sp³-hybridized carbons (Fsp3) is 0.310. The Morgan fingerprint density at radius 3 is 2.14 bits per heavy atom. The number of aliphatic hydroxyl groups excluding tert-OH is 6. The van der Waals surface area contributed by atoms with E-state index in [-0.39, 0.29) is 49.9 Å². The van der Waals surface area contributed by atoms with Crippen molar-refractivity contribution < 1.29 is 60.0 Å². The van der Waals surface area contributed by atoms with Crippen molar-refractivity contribution in [1.29, 1.82) is 0 Å². The van der Waals surface area contributed by atoms with Gasteiger partial charge in [-0.05, 0) is 24.3 Å². The number of fused-ring (bicyclic) bond motifs is 10. The maximum absolute atomic E-state index is 14.0. The zero-order chi connectivity index (χ0) is 31.2. The van der Waals surface area contributed by atoms with Crippen molar-refractivity contribution in [3.05, 3.63) is 47.5 Å². The minimum Gasteiger partial charge on any atom is -0.508 e. The van der Waals surface area contributed by atoms with E-state index in [9.17, 15) is 50.4 Å². The number of hydrogen-bond acceptors (Lipinski definition) is 12. The molecule has 0 unspecified atom stereocenters. The van der Waals surface area contributed by atoms with E-state index in [1.54, 1.807) is 0 Å². The number of aromatic hydroxyl groups is 2. The van der Waals surface area contributed by atoms with E-state index < -0.39 is 68.4 Å². The number of aromatic nitrogens is 2. The first-order valence-corrected chi connectivity index (χ1v) is 13.7. The third-order valence-electron chi connectivity index (χ3n) is 8.34. The molecule has 15 heteroatoms. The molecule has 2 aromatic heterocycles. The Morgan fingerprint density at radius 1 is 0.841 bits per heavy atom. The third kappa shape index (κ3) is 3.79. The quantitative estimate of drug-likeness (QED) is 0.113. The molecule has 7 rings (SSSR count). The number of benzene rings is 3. The van der Waals surface area contributed by atoms with Gasteiger partial charge in [0, 0.05) is 33.7 Å². The van der Waals surface area contributed by atoms with Crippen molar-refractivity contribution in [3.8, 4) is 11.5 Å². The number of rotatable bonds is 6. The maximum Gasteiger partial charge on any atom is 0.286 e. The highest BCUT2D eigenvalue weighted by Gasteiger charge is 2.47. The average Bonchev–Trinajstić information content (AvgIpc) is 3.62. The minimum atomic E-state index is -1.77. The first kappa shape index (κ1) is 28.5. The van der Waals surface area contributed by atoms with Crippen molar-refractivity contribution in [1.82, 2.24) is 14.6 Å². The van der Waals surface area contributed by atoms with Crippen LogP contribution in [0.25, 0.3) is 43.6 Å². The van der Waals surface area contributed by atoms with Gasteiger partial charge in [-0.3, -0.25) is 14.4 Å². The number of nitrogens with zero attached hydrogens (tertiary/aromatic N) is 2. The van der Waals surface area contributed by atoms with Crippen LogP contribution in [0.1, 0.15) is 26.9 Å². The van der Waals surface area contributed by atoms with Gasteiger partial charge in [0.15, 0.2) is 6.23 Å². The number of hydrogen-bond donors (Lipinski definition) is 9. The van der Waals surface area contributed by atoms with E-state index in [0.717, 1.165) is 0 Å². The summed E-state index contributed by atoms with van der Waals surface area (Å²) in [7, 11) is 0. The Labute approximate surface area is 245 Å². The van der Waals surface area contributed by atoms with E-state index in [2.05, 4.69) is 4.98 Å². The van der Waals surface area contributed by atoms with E-state index in [1.807, 2.05) is 0 Å². The molecule has 0 saturated carbocycles. The smallest absolute Gasteiger partial charge is 0.286 e. The summed E-state index contributed by atoms with van der Waals surface area (Å²) in [6.45, 7) is -2.11. The van der Waals surface area contributed by atoms with E-state index in [0.29, 0.717) is 21.4 Å². The molecular formula is C29H27N3O12. The molecule has 0 bridgehead atoms. The molecule has 1 saturated heterocycles. The van der Waals surface area contributed by atoms with Gasteiger partial charge in [0.2, 0.25) is 0 Å². The number of ether oxygens (including phenoxy) is 1. The second-order valence-electron chi connectivity index (χ2n) is 10.9. The number of phenolic OH excluding ortho intramolecular Hbond substituents is 2. The molecule has 0 aliphatic carbocycles. The van der Waals surface area contributed by atoms with Crippen LogP contribution >= 0.6 is 0 Å². The third-order valence-corrected chi connectivity index (χ3v) is 8.34. The number of amides is 2. The monoisotopic (exact) mass is 609 g/mol. The molecule has 4 heterocycles. The largest absolute Gasteiger partial charge is 0.508 e. The summed E-state index contributed by atoms with van der Waals surface area (Å²) in [5, 5.41) is 83.7. The zero-order valence-electron chi connectivity index (χ0n) is 22.7. The molecule has 2 aliphatic heterocycles. The lowest BCUT2D eigenvalue weighted by molar-refractivity contribution is -0.249. The summed E-state index contributed by atoms with van der Waals surface area (Å²) in [4.78, 5) is 36.5. The van der Waals surface area contributed by atoms with Crippen LogP contribution in [0.15, 0.2) is 36.4 Å². The van der Waals surface area contributed by atoms with Gasteiger partial charge in [0.05, 0.1) is 53.0 Å². The van der Waals surface area contributed by atoms with Crippen molar-refractivity contribution in [2.75, 3.05) is 19.8 Å². The van der Waals surface area contributed by atoms with Gasteiger partial charge >= 0.3 is 0 Å². The van der Waals surface area contributed by atoms with E-state index >= 15 is 0 Å². The minimum absolute atomic E-state index is 0.0787. The number of aliphatic hydroxyl groups is 6. The number of nitrogens with one attached hydrogen (secondary N) is 1. The fourth-order valence-corrected chi connectivity index (χ4v) is 6.32. The molecule has 1 fully saturated rings. The van der Waals surface area contributed by atoms with Crippen molar-refractivity contribution >= 4 is 55.4 Å². The molecule has 230 valence electrons. The van der Waals surface area contributed by atoms with Crippen molar-refractivity contribution in [3.63, 3.8) is 0 Å². The maximum atomic E-state index is 14.0. The van der Waals surface area contributed by atoms with Gasteiger partial charge in [-0.1, -0.05) is 0 Å². The van der Waals surface area contributed by atoms with Crippen molar-refractivity contribution in [2.24, 2.45) is 0 Å². The van der Waals surface area contributed by atoms with Crippen LogP contribution in [-0.2, 0) is 9.57 Å². The Hall–Kier alpha value is -4.32. The molecular weight excluding hydrogens is 582 g/mol. The summed E-state index contributed by atoms with van der Waals surface area (Å²) in [5.74, 6) is -2.11. The number of phenols is 2. The highest BCUT2D eigenvalue weighted by atomic mass is 16.7. The predicted octanol–water partition coefficient (Wildman–Crippen LogP) is -0.307. The Bertz CT molecular complexity index is 1990. The number of carbonyl (C=O) groups is 2. The number of carbonyl (C=O) groups excluding carboxylic acids is 2. The topological polar surface area (TPSA) is 238 Å². The summed E-state index contributed by atoms with van der Waals surface area (Å²) < 4.78 is 7.32. The lowest BCUT2D eigenvalue weighted by atomic mass is 9.96. The molecule has 2 amide bonds. The average molecular weight is 610 g/mol. The summed E-state index contributed by atoms with van der Waals surface area (Å²) >= 11 is 0. The van der Waals surface area contributed by atoms with Crippen LogP contribution in [0.4, 0.5) is 0 Å². The van der Waals surface area contributed by atoms with Gasteiger partial charge in [-0.2, -0.15) is 0 Å². The number of imide groups is 1. The molecule has 9 N–H and O–H groups in total. The van der Waals surface area contributed by atoms with Gasteiger partial charge in [-0.15, -0.1) is 5.06 Å². The van der Waals surface area contributed by atoms with Crippen LogP contribution in [0.2, 0.25) is 0 Å². The van der Waals surface area contributed by atoms with Crippen LogP contribution < -0.4 is 0 Å². The van der Waals surface area contributed by atoms with Crippen LogP contribution in [0.5, 0.6) is 11.5 Å². The number of H-pyrrole nitrogens is 1. The second-order valence-corrected chi connectivity index (χ2v) is 10.9. The van der Waals surface area contributed by atoms with Gasteiger partial charge in [0.25, 0.3) is 11.8 Å². The molecule has 5 aromatic rings. The van der Waals surface area contributed by atoms with Gasteiger partial charge in [-0.25, -0.2) is 0 Å². The second kappa shape index (κ2) is 10.1. The molecule has 15 nitrogen and oxygen atoms in total. The summed E-state index contributed by atoms with van der Waals surface area (Å²) in [5.41, 5.74) is 0.791. The number of aromatic amines is 1. The van der Waals surface area contributed by atoms with Gasteiger partial charge < -0.3 is 55.1 Å². The molecule has 44 heavy (non-hydrogen) atoms. The lowest BCUT2D eigenvalue weighted by Crippen LogP contribution is -2.56. The predicted molar refractivity (Wildman–Crippen MR) is 151 cm³/mol. The normalized spacial score (nSPS) is 24.2. The SMILES string of the molecule is O=C1c2c(c3c4ccc(O)cc4n([C@@H]4O[C@H](CO)[C@@H](O)[C@H](O)[C@H]4O)c3c3[nH]c4cc(O)ccc4c23)C(=O)N1OC(CO)CO. The van der Waals surface area contributed by atoms with Gasteiger partial charge in [0.1, 0.15) is 42.0 Å². The molecule has 0 radical (unpaired) electrons. The fourth-order valence-electron chi connectivity index (χ4n) is 6.32. The lowest BCUT2D eigenvalue weighted by Gasteiger charge is -2.41. The standard InChI is InChI=1S/C29H27N3O12/c33-7-12(8-34)44-32-27(41)20-18-13-3-1-10(36)5-15(13)30-22(18)23-19(21(20)28(32)42)14-4-2-11(37)6-16(14)31(23)29-26(40)25(39)24(38)17(9-35)43-29/h1-6,12,17,24-26,29-30,33-40H,7-9H2/t17-,24-,25+,26-,29-/m1/s1. The Balaban J connectivity index is 1.65. The summed E-state index contributed by atoms with van der Waals surface area (Å²) in [6, 6.07) is 8.49. The number of hydroxylamine groups is 2. The van der Waals surface area contributed by atoms with Crippen LogP contribution in [0, 0.1) is 0 Å².